The fraction of sp³-hybridized carbons (Fsp3) is 0.360. The Morgan fingerprint density at radius 3 is 2.55 bits per heavy atom. The van der Waals surface area contributed by atoms with Crippen molar-refractivity contribution in [3.63, 3.8) is 0 Å². The van der Waals surface area contributed by atoms with Crippen LogP contribution in [0.4, 0.5) is 11.4 Å². The Balaban J connectivity index is 1.43. The van der Waals surface area contributed by atoms with E-state index in [0.717, 1.165) is 47.5 Å². The van der Waals surface area contributed by atoms with Gasteiger partial charge in [-0.3, -0.25) is 9.69 Å². The van der Waals surface area contributed by atoms with E-state index in [2.05, 4.69) is 39.2 Å². The number of anilines is 2. The average Bonchev–Trinajstić information content (AvgIpc) is 3.15. The lowest BCUT2D eigenvalue weighted by Crippen LogP contribution is -2.53. The van der Waals surface area contributed by atoms with E-state index in [9.17, 15) is 9.59 Å². The van der Waals surface area contributed by atoms with Gasteiger partial charge in [0.1, 0.15) is 11.4 Å². The van der Waals surface area contributed by atoms with E-state index in [1.165, 1.54) is 7.11 Å². The summed E-state index contributed by atoms with van der Waals surface area (Å²) in [6.07, 6.45) is 0. The Morgan fingerprint density at radius 1 is 1.12 bits per heavy atom. The lowest BCUT2D eigenvalue weighted by molar-refractivity contribution is -0.117. The van der Waals surface area contributed by atoms with Gasteiger partial charge in [0, 0.05) is 42.3 Å². The first kappa shape index (κ1) is 22.7. The summed E-state index contributed by atoms with van der Waals surface area (Å²) in [5, 5.41) is 3.73. The Hall–Kier alpha value is -3.52. The monoisotopic (exact) mass is 450 g/mol. The number of fused-ring (bicyclic) bond motifs is 1. The zero-order chi connectivity index (χ0) is 23.5. The molecule has 0 spiro atoms. The van der Waals surface area contributed by atoms with Gasteiger partial charge in [-0.15, -0.1) is 0 Å². The number of aromatic nitrogens is 1. The molecule has 33 heavy (non-hydrogen) atoms. The van der Waals surface area contributed by atoms with Gasteiger partial charge in [-0.2, -0.15) is 0 Å². The predicted octanol–water partition coefficient (Wildman–Crippen LogP) is 3.42. The van der Waals surface area contributed by atoms with E-state index in [-0.39, 0.29) is 24.2 Å². The number of carbonyl (C=O) groups excluding carboxylic acids is 2. The van der Waals surface area contributed by atoms with Crippen LogP contribution < -0.4 is 15.0 Å². The summed E-state index contributed by atoms with van der Waals surface area (Å²) in [6, 6.07) is 14.1. The molecule has 2 heterocycles. The van der Waals surface area contributed by atoms with Crippen LogP contribution in [0.1, 0.15) is 23.0 Å². The van der Waals surface area contributed by atoms with Crippen LogP contribution in [0.2, 0.25) is 0 Å². The van der Waals surface area contributed by atoms with Crippen LogP contribution in [0.15, 0.2) is 42.5 Å². The third-order valence-corrected chi connectivity index (χ3v) is 6.09. The number of nitrogens with one attached hydrogen (secondary N) is 2. The first-order valence-corrected chi connectivity index (χ1v) is 11.0. The van der Waals surface area contributed by atoms with Gasteiger partial charge in [-0.05, 0) is 49.7 Å². The van der Waals surface area contributed by atoms with Crippen LogP contribution >= 0.6 is 0 Å². The molecule has 2 aromatic carbocycles. The number of hydrogen-bond acceptors (Lipinski definition) is 6. The lowest BCUT2D eigenvalue weighted by atomic mass is 10.1. The number of hydrogen-bond donors (Lipinski definition) is 2. The molecule has 174 valence electrons. The number of esters is 1. The third-order valence-electron chi connectivity index (χ3n) is 6.09. The van der Waals surface area contributed by atoms with Crippen LogP contribution in [0.5, 0.6) is 5.75 Å². The number of aromatic amines is 1. The van der Waals surface area contributed by atoms with Crippen molar-refractivity contribution in [1.82, 2.24) is 9.88 Å². The molecular weight excluding hydrogens is 420 g/mol. The van der Waals surface area contributed by atoms with Crippen LogP contribution in [0, 0.1) is 6.92 Å². The molecule has 3 aromatic rings. The molecule has 8 heteroatoms. The molecular formula is C25H30N4O4. The number of nitrogens with zero attached hydrogens (tertiary/aromatic N) is 2. The van der Waals surface area contributed by atoms with Gasteiger partial charge >= 0.3 is 5.97 Å². The van der Waals surface area contributed by atoms with Gasteiger partial charge in [0.25, 0.3) is 0 Å². The molecule has 1 aromatic heterocycles. The number of ether oxygens (including phenoxy) is 2. The highest BCUT2D eigenvalue weighted by atomic mass is 16.5. The summed E-state index contributed by atoms with van der Waals surface area (Å²) >= 11 is 0. The number of amides is 1. The molecule has 1 atom stereocenters. The molecule has 2 N–H and O–H groups in total. The molecule has 0 saturated carbocycles. The highest BCUT2D eigenvalue weighted by Crippen LogP contribution is 2.29. The molecule has 0 bridgehead atoms. The van der Waals surface area contributed by atoms with Crippen molar-refractivity contribution in [2.45, 2.75) is 19.9 Å². The zero-order valence-electron chi connectivity index (χ0n) is 19.5. The van der Waals surface area contributed by atoms with Gasteiger partial charge in [0.05, 0.1) is 26.5 Å². The van der Waals surface area contributed by atoms with E-state index < -0.39 is 5.97 Å². The molecule has 8 nitrogen and oxygen atoms in total. The Bertz CT molecular complexity index is 1160. The average molecular weight is 451 g/mol. The maximum Gasteiger partial charge on any atom is 0.356 e. The number of methoxy groups -OCH3 is 2. The second-order valence-corrected chi connectivity index (χ2v) is 8.44. The molecule has 1 aliphatic rings. The van der Waals surface area contributed by atoms with Crippen molar-refractivity contribution in [1.29, 1.82) is 0 Å². The Kier molecular flexibility index (Phi) is 6.55. The van der Waals surface area contributed by atoms with Gasteiger partial charge in [-0.25, -0.2) is 4.79 Å². The number of rotatable bonds is 6. The molecule has 1 saturated heterocycles. The Labute approximate surface area is 193 Å². The number of piperazine rings is 1. The lowest BCUT2D eigenvalue weighted by Gasteiger charge is -2.41. The third kappa shape index (κ3) is 4.80. The standard InChI is InChI=1S/C25H30N4O4/c1-16-5-10-20-21(13-16)26-24(25(31)33-4)23(20)27-22(30)15-28-11-12-29(17(2)14-28)18-6-8-19(32-3)9-7-18/h5-10,13,17,26H,11-12,14-15H2,1-4H3,(H,27,30)/t17-/m1/s1. The fourth-order valence-electron chi connectivity index (χ4n) is 4.41. The fourth-order valence-corrected chi connectivity index (χ4v) is 4.41. The number of benzene rings is 2. The van der Waals surface area contributed by atoms with Crippen molar-refractivity contribution in [2.75, 3.05) is 50.6 Å². The van der Waals surface area contributed by atoms with Gasteiger partial charge in [0.15, 0.2) is 0 Å². The molecule has 1 amide bonds. The highest BCUT2D eigenvalue weighted by molar-refractivity contribution is 6.11. The highest BCUT2D eigenvalue weighted by Gasteiger charge is 2.26. The molecule has 0 unspecified atom stereocenters. The van der Waals surface area contributed by atoms with Gasteiger partial charge in [0.2, 0.25) is 5.91 Å². The molecule has 1 aliphatic heterocycles. The number of carbonyl (C=O) groups is 2. The first-order valence-electron chi connectivity index (χ1n) is 11.0. The van der Waals surface area contributed by atoms with E-state index in [1.54, 1.807) is 7.11 Å². The minimum Gasteiger partial charge on any atom is -0.497 e. The van der Waals surface area contributed by atoms with Crippen molar-refractivity contribution in [3.05, 3.63) is 53.7 Å². The van der Waals surface area contributed by atoms with E-state index in [0.29, 0.717) is 5.69 Å². The summed E-state index contributed by atoms with van der Waals surface area (Å²) in [5.74, 6) is 0.160. The minimum absolute atomic E-state index is 0.160. The second kappa shape index (κ2) is 9.54. The molecule has 0 radical (unpaired) electrons. The van der Waals surface area contributed by atoms with Crippen molar-refractivity contribution in [3.8, 4) is 5.75 Å². The van der Waals surface area contributed by atoms with Crippen LogP contribution in [0.3, 0.4) is 0 Å². The summed E-state index contributed by atoms with van der Waals surface area (Å²) < 4.78 is 10.2. The maximum absolute atomic E-state index is 12.9. The van der Waals surface area contributed by atoms with Gasteiger partial charge in [-0.1, -0.05) is 12.1 Å². The first-order chi connectivity index (χ1) is 15.9. The molecule has 4 rings (SSSR count). The number of aryl methyl sites for hydroxylation is 1. The smallest absolute Gasteiger partial charge is 0.356 e. The number of H-pyrrole nitrogens is 1. The normalized spacial score (nSPS) is 16.6. The quantitative estimate of drug-likeness (QED) is 0.560. The summed E-state index contributed by atoms with van der Waals surface area (Å²) in [6.45, 7) is 6.73. The van der Waals surface area contributed by atoms with Crippen LogP contribution in [-0.2, 0) is 9.53 Å². The Morgan fingerprint density at radius 2 is 1.88 bits per heavy atom. The molecule has 0 aliphatic carbocycles. The summed E-state index contributed by atoms with van der Waals surface area (Å²) in [4.78, 5) is 32.8. The van der Waals surface area contributed by atoms with Crippen molar-refractivity contribution >= 4 is 34.2 Å². The maximum atomic E-state index is 12.9. The SMILES string of the molecule is COC(=O)c1[nH]c2cc(C)ccc2c1NC(=O)CN1CCN(c2ccc(OC)cc2)[C@H](C)C1. The predicted molar refractivity (Wildman–Crippen MR) is 129 cm³/mol. The summed E-state index contributed by atoms with van der Waals surface area (Å²) in [7, 11) is 2.99. The second-order valence-electron chi connectivity index (χ2n) is 8.44. The van der Waals surface area contributed by atoms with Crippen LogP contribution in [0.25, 0.3) is 10.9 Å². The van der Waals surface area contributed by atoms with E-state index in [4.69, 9.17) is 9.47 Å². The zero-order valence-corrected chi connectivity index (χ0v) is 19.5. The topological polar surface area (TPSA) is 86.9 Å². The minimum atomic E-state index is -0.513. The van der Waals surface area contributed by atoms with Crippen LogP contribution in [-0.4, -0.2) is 68.2 Å². The van der Waals surface area contributed by atoms with Crippen molar-refractivity contribution < 1.29 is 19.1 Å². The van der Waals surface area contributed by atoms with Gasteiger partial charge < -0.3 is 24.7 Å². The van der Waals surface area contributed by atoms with E-state index in [1.807, 2.05) is 37.3 Å². The van der Waals surface area contributed by atoms with Crippen molar-refractivity contribution in [2.24, 2.45) is 0 Å². The van der Waals surface area contributed by atoms with E-state index >= 15 is 0 Å². The largest absolute Gasteiger partial charge is 0.497 e. The summed E-state index contributed by atoms with van der Waals surface area (Å²) in [5.41, 5.74) is 3.70. The molecule has 1 fully saturated rings.